The molecule has 1 aliphatic heterocycles. The van der Waals surface area contributed by atoms with Crippen molar-refractivity contribution in [3.05, 3.63) is 64.5 Å². The molecule has 7 heteroatoms. The lowest BCUT2D eigenvalue weighted by Gasteiger charge is -2.20. The summed E-state index contributed by atoms with van der Waals surface area (Å²) in [5.74, 6) is -0.408. The van der Waals surface area contributed by atoms with E-state index in [1.54, 1.807) is 29.2 Å². The van der Waals surface area contributed by atoms with Gasteiger partial charge in [0.15, 0.2) is 0 Å². The first kappa shape index (κ1) is 19.7. The molecule has 1 aliphatic rings. The van der Waals surface area contributed by atoms with Gasteiger partial charge in [0.25, 0.3) is 0 Å². The molecule has 1 unspecified atom stereocenters. The van der Waals surface area contributed by atoms with Crippen molar-refractivity contribution < 1.29 is 23.5 Å². The average Bonchev–Trinajstić information content (AvgIpc) is 3.10. The van der Waals surface area contributed by atoms with Crippen molar-refractivity contribution in [1.82, 2.24) is 0 Å². The molecule has 2 heterocycles. The Balaban J connectivity index is 1.52. The zero-order valence-electron chi connectivity index (χ0n) is 16.7. The van der Waals surface area contributed by atoms with Crippen LogP contribution in [0.15, 0.2) is 57.7 Å². The van der Waals surface area contributed by atoms with Gasteiger partial charge in [-0.25, -0.2) is 4.79 Å². The first-order chi connectivity index (χ1) is 14.5. The zero-order valence-corrected chi connectivity index (χ0v) is 16.7. The van der Waals surface area contributed by atoms with E-state index in [1.165, 1.54) is 12.1 Å². The SMILES string of the molecule is CCOc1ccccc1N1CC(C(=O)Oc2ccc3c(C)cc(=O)oc3c2)CC1=O. The van der Waals surface area contributed by atoms with Gasteiger partial charge in [-0.15, -0.1) is 0 Å². The van der Waals surface area contributed by atoms with E-state index in [4.69, 9.17) is 13.9 Å². The van der Waals surface area contributed by atoms with E-state index in [-0.39, 0.29) is 24.6 Å². The fourth-order valence-corrected chi connectivity index (χ4v) is 3.62. The highest BCUT2D eigenvalue weighted by molar-refractivity contribution is 6.00. The quantitative estimate of drug-likeness (QED) is 0.366. The zero-order chi connectivity index (χ0) is 21.3. The first-order valence-corrected chi connectivity index (χ1v) is 9.74. The largest absolute Gasteiger partial charge is 0.492 e. The highest BCUT2D eigenvalue weighted by atomic mass is 16.5. The van der Waals surface area contributed by atoms with Crippen molar-refractivity contribution in [2.24, 2.45) is 5.92 Å². The smallest absolute Gasteiger partial charge is 0.336 e. The van der Waals surface area contributed by atoms with Gasteiger partial charge in [0.1, 0.15) is 17.1 Å². The van der Waals surface area contributed by atoms with Crippen LogP contribution in [0.5, 0.6) is 11.5 Å². The van der Waals surface area contributed by atoms with Gasteiger partial charge in [-0.2, -0.15) is 0 Å². The standard InChI is InChI=1S/C23H21NO6/c1-3-28-19-7-5-4-6-18(19)24-13-15(11-21(24)25)23(27)29-16-8-9-17-14(2)10-22(26)30-20(17)12-16/h4-10,12,15H,3,11,13H2,1-2H3. The third-order valence-corrected chi connectivity index (χ3v) is 5.06. The van der Waals surface area contributed by atoms with E-state index in [0.717, 1.165) is 10.9 Å². The van der Waals surface area contributed by atoms with Crippen molar-refractivity contribution in [1.29, 1.82) is 0 Å². The third kappa shape index (κ3) is 3.78. The van der Waals surface area contributed by atoms with Crippen molar-refractivity contribution in [2.45, 2.75) is 20.3 Å². The molecular weight excluding hydrogens is 386 g/mol. The highest BCUT2D eigenvalue weighted by Crippen LogP contribution is 2.33. The summed E-state index contributed by atoms with van der Waals surface area (Å²) < 4.78 is 16.3. The Hall–Kier alpha value is -3.61. The van der Waals surface area contributed by atoms with Gasteiger partial charge in [-0.05, 0) is 43.7 Å². The molecule has 7 nitrogen and oxygen atoms in total. The van der Waals surface area contributed by atoms with Gasteiger partial charge < -0.3 is 18.8 Å². The summed E-state index contributed by atoms with van der Waals surface area (Å²) in [6.07, 6.45) is 0.0566. The maximum atomic E-state index is 12.7. The average molecular weight is 407 g/mol. The molecule has 0 radical (unpaired) electrons. The van der Waals surface area contributed by atoms with Crippen LogP contribution in [-0.4, -0.2) is 25.0 Å². The molecule has 0 aliphatic carbocycles. The van der Waals surface area contributed by atoms with Crippen LogP contribution in [0, 0.1) is 12.8 Å². The van der Waals surface area contributed by atoms with Gasteiger partial charge in [0.2, 0.25) is 5.91 Å². The molecule has 1 atom stereocenters. The topological polar surface area (TPSA) is 86.0 Å². The highest BCUT2D eigenvalue weighted by Gasteiger charge is 2.37. The van der Waals surface area contributed by atoms with Gasteiger partial charge in [0.05, 0.1) is 18.2 Å². The van der Waals surface area contributed by atoms with Crippen LogP contribution in [0.4, 0.5) is 5.69 Å². The molecular formula is C23H21NO6. The van der Waals surface area contributed by atoms with Crippen LogP contribution in [0.3, 0.4) is 0 Å². The molecule has 4 rings (SSSR count). The van der Waals surface area contributed by atoms with E-state index in [1.807, 2.05) is 26.0 Å². The van der Waals surface area contributed by atoms with Crippen LogP contribution in [0.1, 0.15) is 18.9 Å². The molecule has 30 heavy (non-hydrogen) atoms. The number of esters is 1. The fourth-order valence-electron chi connectivity index (χ4n) is 3.62. The number of carbonyl (C=O) groups excluding carboxylic acids is 2. The summed E-state index contributed by atoms with van der Waals surface area (Å²) in [7, 11) is 0. The number of carbonyl (C=O) groups is 2. The first-order valence-electron chi connectivity index (χ1n) is 9.74. The van der Waals surface area contributed by atoms with Crippen LogP contribution in [-0.2, 0) is 9.59 Å². The Morgan fingerprint density at radius 3 is 2.77 bits per heavy atom. The normalized spacial score (nSPS) is 16.1. The molecule has 1 fully saturated rings. The van der Waals surface area contributed by atoms with Gasteiger partial charge in [-0.3, -0.25) is 9.59 Å². The summed E-state index contributed by atoms with van der Waals surface area (Å²) in [6, 6.07) is 13.6. The minimum atomic E-state index is -0.604. The lowest BCUT2D eigenvalue weighted by atomic mass is 10.1. The van der Waals surface area contributed by atoms with Crippen molar-refractivity contribution >= 4 is 28.5 Å². The number of amides is 1. The molecule has 154 valence electrons. The molecule has 0 bridgehead atoms. The third-order valence-electron chi connectivity index (χ3n) is 5.06. The minimum absolute atomic E-state index is 0.0566. The predicted molar refractivity (Wildman–Crippen MR) is 111 cm³/mol. The van der Waals surface area contributed by atoms with Crippen molar-refractivity contribution in [3.63, 3.8) is 0 Å². The maximum Gasteiger partial charge on any atom is 0.336 e. The molecule has 0 spiro atoms. The second-order valence-corrected chi connectivity index (χ2v) is 7.13. The molecule has 1 saturated heterocycles. The van der Waals surface area contributed by atoms with Crippen LogP contribution in [0.25, 0.3) is 11.0 Å². The minimum Gasteiger partial charge on any atom is -0.492 e. The summed E-state index contributed by atoms with van der Waals surface area (Å²) in [5.41, 5.74) is 1.31. The lowest BCUT2D eigenvalue weighted by Crippen LogP contribution is -2.27. The second kappa shape index (κ2) is 8.02. The lowest BCUT2D eigenvalue weighted by molar-refractivity contribution is -0.139. The Morgan fingerprint density at radius 2 is 1.97 bits per heavy atom. The molecule has 0 N–H and O–H groups in total. The number of benzene rings is 2. The Bertz CT molecular complexity index is 1180. The molecule has 1 amide bonds. The maximum absolute atomic E-state index is 12.7. The summed E-state index contributed by atoms with van der Waals surface area (Å²) >= 11 is 0. The van der Waals surface area contributed by atoms with Crippen LogP contribution >= 0.6 is 0 Å². The Labute approximate surface area is 172 Å². The van der Waals surface area contributed by atoms with Gasteiger partial charge in [0, 0.05) is 30.5 Å². The van der Waals surface area contributed by atoms with E-state index in [0.29, 0.717) is 23.6 Å². The van der Waals surface area contributed by atoms with Crippen molar-refractivity contribution in [3.8, 4) is 11.5 Å². The van der Waals surface area contributed by atoms with E-state index in [2.05, 4.69) is 0 Å². The summed E-state index contributed by atoms with van der Waals surface area (Å²) in [4.78, 5) is 38.4. The van der Waals surface area contributed by atoms with Crippen LogP contribution in [0.2, 0.25) is 0 Å². The van der Waals surface area contributed by atoms with E-state index >= 15 is 0 Å². The second-order valence-electron chi connectivity index (χ2n) is 7.13. The summed E-state index contributed by atoms with van der Waals surface area (Å²) in [5, 5.41) is 0.768. The number of rotatable bonds is 5. The Kier molecular flexibility index (Phi) is 5.27. The van der Waals surface area contributed by atoms with Crippen molar-refractivity contribution in [2.75, 3.05) is 18.1 Å². The Morgan fingerprint density at radius 1 is 1.17 bits per heavy atom. The number of ether oxygens (including phenoxy) is 2. The van der Waals surface area contributed by atoms with E-state index in [9.17, 15) is 14.4 Å². The molecule has 0 saturated carbocycles. The van der Waals surface area contributed by atoms with Gasteiger partial charge in [-0.1, -0.05) is 12.1 Å². The number of hydrogen-bond donors (Lipinski definition) is 0. The number of aryl methyl sites for hydroxylation is 1. The number of nitrogens with zero attached hydrogens (tertiary/aromatic N) is 1. The van der Waals surface area contributed by atoms with E-state index < -0.39 is 17.5 Å². The monoisotopic (exact) mass is 407 g/mol. The number of anilines is 1. The summed E-state index contributed by atoms with van der Waals surface area (Å²) in [6.45, 7) is 4.37. The van der Waals surface area contributed by atoms with Gasteiger partial charge >= 0.3 is 11.6 Å². The number of para-hydroxylation sites is 2. The fraction of sp³-hybridized carbons (Fsp3) is 0.261. The number of fused-ring (bicyclic) bond motifs is 1. The molecule has 1 aromatic heterocycles. The molecule has 2 aromatic carbocycles. The number of hydrogen-bond acceptors (Lipinski definition) is 6. The molecule has 3 aromatic rings. The van der Waals surface area contributed by atoms with Crippen LogP contribution < -0.4 is 20.0 Å². The predicted octanol–water partition coefficient (Wildman–Crippen LogP) is 3.46.